The van der Waals surface area contributed by atoms with Gasteiger partial charge in [0.05, 0.1) is 17.8 Å². The molecule has 0 bridgehead atoms. The summed E-state index contributed by atoms with van der Waals surface area (Å²) in [6.07, 6.45) is 13.1. The van der Waals surface area contributed by atoms with Crippen LogP contribution in [0.4, 0.5) is 5.69 Å². The summed E-state index contributed by atoms with van der Waals surface area (Å²) >= 11 is 5.77. The van der Waals surface area contributed by atoms with E-state index in [1.54, 1.807) is 0 Å². The molecule has 6 nitrogen and oxygen atoms in total. The molecule has 1 saturated heterocycles. The lowest BCUT2D eigenvalue weighted by molar-refractivity contribution is -0.116. The van der Waals surface area contributed by atoms with Crippen LogP contribution < -0.4 is 10.6 Å². The van der Waals surface area contributed by atoms with Gasteiger partial charge in [-0.15, -0.1) is 0 Å². The smallest absolute Gasteiger partial charge is 0.226 e. The number of amides is 1. The van der Waals surface area contributed by atoms with Crippen LogP contribution in [-0.4, -0.2) is 32.0 Å². The Hall–Kier alpha value is -3.19. The lowest BCUT2D eigenvalue weighted by Gasteiger charge is -2.27. The highest BCUT2D eigenvalue weighted by Gasteiger charge is 2.40. The number of thiocarbonyl (C=S) groups is 1. The number of benzene rings is 1. The van der Waals surface area contributed by atoms with Crippen molar-refractivity contribution in [3.8, 4) is 0 Å². The third-order valence-corrected chi connectivity index (χ3v) is 7.51. The van der Waals surface area contributed by atoms with Gasteiger partial charge >= 0.3 is 0 Å². The van der Waals surface area contributed by atoms with E-state index in [2.05, 4.69) is 43.5 Å². The number of hydrogen-bond acceptors (Lipinski definition) is 3. The Balaban J connectivity index is 1.35. The molecule has 3 aromatic rings. The average Bonchev–Trinajstić information content (AvgIpc) is 3.48. The van der Waals surface area contributed by atoms with Gasteiger partial charge in [-0.05, 0) is 73.4 Å². The maximum absolute atomic E-state index is 12.8. The molecule has 3 heterocycles. The summed E-state index contributed by atoms with van der Waals surface area (Å²) in [5.41, 5.74) is 4.10. The van der Waals surface area contributed by atoms with Crippen molar-refractivity contribution < 1.29 is 4.79 Å². The fourth-order valence-electron chi connectivity index (χ4n) is 5.39. The van der Waals surface area contributed by atoms with Crippen molar-refractivity contribution in [2.45, 2.75) is 63.6 Å². The highest BCUT2D eigenvalue weighted by molar-refractivity contribution is 7.80. The van der Waals surface area contributed by atoms with Crippen LogP contribution in [0.1, 0.15) is 73.5 Å². The summed E-state index contributed by atoms with van der Waals surface area (Å²) in [7, 11) is 0. The zero-order valence-corrected chi connectivity index (χ0v) is 21.0. The first-order valence-corrected chi connectivity index (χ1v) is 13.0. The molecular formula is C28H33N5OS. The fourth-order valence-corrected chi connectivity index (χ4v) is 5.72. The van der Waals surface area contributed by atoms with E-state index < -0.39 is 0 Å². The van der Waals surface area contributed by atoms with Gasteiger partial charge in [-0.25, -0.2) is 0 Å². The molecule has 1 aliphatic heterocycles. The van der Waals surface area contributed by atoms with E-state index in [9.17, 15) is 4.79 Å². The second kappa shape index (κ2) is 10.6. The molecule has 182 valence electrons. The van der Waals surface area contributed by atoms with Crippen molar-refractivity contribution in [3.05, 3.63) is 83.9 Å². The number of carbonyl (C=O) groups excluding carboxylic acids is 1. The van der Waals surface area contributed by atoms with Crippen LogP contribution >= 0.6 is 12.2 Å². The van der Waals surface area contributed by atoms with Gasteiger partial charge in [0.25, 0.3) is 0 Å². The Morgan fingerprint density at radius 2 is 2.00 bits per heavy atom. The number of aryl methyl sites for hydroxylation is 1. The predicted octanol–water partition coefficient (Wildman–Crippen LogP) is 5.70. The maximum Gasteiger partial charge on any atom is 0.226 e. The summed E-state index contributed by atoms with van der Waals surface area (Å²) in [5, 5.41) is 7.18. The van der Waals surface area contributed by atoms with Gasteiger partial charge in [-0.1, -0.05) is 37.5 Å². The molecule has 5 rings (SSSR count). The lowest BCUT2D eigenvalue weighted by Crippen LogP contribution is -2.32. The third-order valence-electron chi connectivity index (χ3n) is 7.15. The molecule has 1 aromatic carbocycles. The number of aromatic nitrogens is 2. The summed E-state index contributed by atoms with van der Waals surface area (Å²) in [4.78, 5) is 19.6. The van der Waals surface area contributed by atoms with Gasteiger partial charge in [-0.2, -0.15) is 0 Å². The van der Waals surface area contributed by atoms with Crippen LogP contribution in [0.15, 0.2) is 67.1 Å². The first kappa shape index (κ1) is 23.5. The normalized spacial score (nSPS) is 20.6. The van der Waals surface area contributed by atoms with Crippen molar-refractivity contribution in [2.24, 2.45) is 0 Å². The zero-order valence-electron chi connectivity index (χ0n) is 20.2. The molecule has 0 spiro atoms. The Morgan fingerprint density at radius 1 is 1.14 bits per heavy atom. The SMILES string of the molecule is Cc1cccc(NC(=O)CCN2C(=S)N[C@H](c3ccccn3)[C@@H]2c2ccn(C3CCCCC3)c2)c1. The minimum Gasteiger partial charge on any atom is -0.352 e. The molecule has 2 N–H and O–H groups in total. The fraction of sp³-hybridized carbons (Fsp3) is 0.393. The summed E-state index contributed by atoms with van der Waals surface area (Å²) in [5.74, 6) is -0.0155. The molecule has 35 heavy (non-hydrogen) atoms. The van der Waals surface area contributed by atoms with E-state index in [-0.39, 0.29) is 18.0 Å². The van der Waals surface area contributed by atoms with Crippen LogP contribution in [0.5, 0.6) is 0 Å². The number of pyridine rings is 1. The quantitative estimate of drug-likeness (QED) is 0.419. The molecule has 0 unspecified atom stereocenters. The Morgan fingerprint density at radius 3 is 2.77 bits per heavy atom. The van der Waals surface area contributed by atoms with Crippen molar-refractivity contribution in [3.63, 3.8) is 0 Å². The second-order valence-corrected chi connectivity index (χ2v) is 10.1. The van der Waals surface area contributed by atoms with Gasteiger partial charge in [0.1, 0.15) is 0 Å². The van der Waals surface area contributed by atoms with Crippen LogP contribution in [0, 0.1) is 6.92 Å². The second-order valence-electron chi connectivity index (χ2n) is 9.67. The van der Waals surface area contributed by atoms with Gasteiger partial charge in [0.15, 0.2) is 5.11 Å². The number of carbonyl (C=O) groups is 1. The van der Waals surface area contributed by atoms with E-state index >= 15 is 0 Å². The van der Waals surface area contributed by atoms with Crippen LogP contribution in [-0.2, 0) is 4.79 Å². The molecule has 2 aromatic heterocycles. The van der Waals surface area contributed by atoms with Gasteiger partial charge in [-0.3, -0.25) is 9.78 Å². The number of nitrogens with zero attached hydrogens (tertiary/aromatic N) is 3. The topological polar surface area (TPSA) is 62.2 Å². The van der Waals surface area contributed by atoms with Crippen molar-refractivity contribution in [1.29, 1.82) is 0 Å². The first-order chi connectivity index (χ1) is 17.1. The number of anilines is 1. The maximum atomic E-state index is 12.8. The van der Waals surface area contributed by atoms with E-state index in [4.69, 9.17) is 12.2 Å². The number of hydrogen-bond donors (Lipinski definition) is 2. The Bertz CT molecular complexity index is 1170. The molecule has 2 atom stereocenters. The van der Waals surface area contributed by atoms with Crippen molar-refractivity contribution in [1.82, 2.24) is 19.8 Å². The molecule has 2 aliphatic rings. The largest absolute Gasteiger partial charge is 0.352 e. The highest BCUT2D eigenvalue weighted by atomic mass is 32.1. The van der Waals surface area contributed by atoms with Crippen molar-refractivity contribution in [2.75, 3.05) is 11.9 Å². The minimum atomic E-state index is -0.0641. The highest BCUT2D eigenvalue weighted by Crippen LogP contribution is 2.39. The van der Waals surface area contributed by atoms with E-state index in [1.165, 1.54) is 37.7 Å². The van der Waals surface area contributed by atoms with E-state index in [0.29, 0.717) is 24.1 Å². The predicted molar refractivity (Wildman–Crippen MR) is 143 cm³/mol. The molecule has 1 saturated carbocycles. The standard InChI is InChI=1S/C28H33N5OS/c1-20-8-7-9-22(18-20)30-25(34)14-17-33-27(26(31-28(33)35)24-12-5-6-15-29-24)21-13-16-32(19-21)23-10-3-2-4-11-23/h5-9,12-13,15-16,18-19,23,26-27H,2-4,10-11,14,17H2,1H3,(H,30,34)(H,31,35)/t26-,27+/m1/s1. The number of nitrogens with one attached hydrogen (secondary N) is 2. The molecule has 1 amide bonds. The summed E-state index contributed by atoms with van der Waals surface area (Å²) < 4.78 is 2.38. The number of rotatable bonds is 7. The molecule has 2 fully saturated rings. The van der Waals surface area contributed by atoms with Gasteiger partial charge in [0.2, 0.25) is 5.91 Å². The van der Waals surface area contributed by atoms with Gasteiger partial charge in [0, 0.05) is 43.3 Å². The third kappa shape index (κ3) is 5.40. The molecule has 0 radical (unpaired) electrons. The minimum absolute atomic E-state index is 0.0155. The summed E-state index contributed by atoms with van der Waals surface area (Å²) in [6.45, 7) is 2.55. The zero-order chi connectivity index (χ0) is 24.2. The van der Waals surface area contributed by atoms with Crippen LogP contribution in [0.3, 0.4) is 0 Å². The van der Waals surface area contributed by atoms with Gasteiger partial charge < -0.3 is 20.1 Å². The lowest BCUT2D eigenvalue weighted by atomic mass is 9.95. The molecular weight excluding hydrogens is 454 g/mol. The van der Waals surface area contributed by atoms with E-state index in [1.807, 2.05) is 55.6 Å². The monoisotopic (exact) mass is 487 g/mol. The average molecular weight is 488 g/mol. The molecule has 7 heteroatoms. The van der Waals surface area contributed by atoms with E-state index in [0.717, 1.165) is 16.9 Å². The van der Waals surface area contributed by atoms with Crippen LogP contribution in [0.2, 0.25) is 0 Å². The first-order valence-electron chi connectivity index (χ1n) is 12.6. The Kier molecular flexibility index (Phi) is 7.13. The Labute approximate surface area is 212 Å². The molecule has 1 aliphatic carbocycles. The van der Waals surface area contributed by atoms with Crippen molar-refractivity contribution >= 4 is 28.9 Å². The summed E-state index contributed by atoms with van der Waals surface area (Å²) in [6, 6.07) is 16.5. The van der Waals surface area contributed by atoms with Crippen LogP contribution in [0.25, 0.3) is 0 Å².